The number of ether oxygens (including phenoxy) is 1. The van der Waals surface area contributed by atoms with Gasteiger partial charge >= 0.3 is 6.09 Å². The Morgan fingerprint density at radius 1 is 1.50 bits per heavy atom. The summed E-state index contributed by atoms with van der Waals surface area (Å²) in [4.78, 5) is 12.9. The summed E-state index contributed by atoms with van der Waals surface area (Å²) < 4.78 is 5.02. The maximum Gasteiger partial charge on any atom is 0.404 e. The number of nitrogens with two attached hydrogens (primary N) is 1. The lowest BCUT2D eigenvalue weighted by atomic mass is 9.86. The van der Waals surface area contributed by atoms with E-state index < -0.39 is 6.09 Å². The van der Waals surface area contributed by atoms with Gasteiger partial charge in [-0.15, -0.1) is 0 Å². The van der Waals surface area contributed by atoms with Crippen molar-refractivity contribution in [2.45, 2.75) is 18.9 Å². The van der Waals surface area contributed by atoms with Gasteiger partial charge in [0.1, 0.15) is 6.10 Å². The number of piperidine rings is 3. The Morgan fingerprint density at radius 3 is 2.58 bits per heavy atom. The molecule has 0 aromatic heterocycles. The fourth-order valence-electron chi connectivity index (χ4n) is 2.19. The number of hydrogen-bond acceptors (Lipinski definition) is 3. The Hall–Kier alpha value is -0.770. The molecule has 3 aliphatic heterocycles. The van der Waals surface area contributed by atoms with Gasteiger partial charge in [-0.2, -0.15) is 0 Å². The van der Waals surface area contributed by atoms with E-state index in [0.29, 0.717) is 5.92 Å². The summed E-state index contributed by atoms with van der Waals surface area (Å²) in [6.45, 7) is 3.19. The number of carbonyl (C=O) groups excluding carboxylic acids is 1. The molecular formula is C8H16N2O2. The van der Waals surface area contributed by atoms with Crippen LogP contribution >= 0.6 is 0 Å². The van der Waals surface area contributed by atoms with E-state index in [9.17, 15) is 4.79 Å². The highest BCUT2D eigenvalue weighted by atomic mass is 16.6. The molecule has 4 nitrogen and oxygen atoms in total. The predicted octanol–water partition coefficient (Wildman–Crippen LogP) is 0.422. The van der Waals surface area contributed by atoms with Crippen LogP contribution in [0.5, 0.6) is 0 Å². The van der Waals surface area contributed by atoms with E-state index in [1.54, 1.807) is 0 Å². The average molecular weight is 172 g/mol. The largest absolute Gasteiger partial charge is 0.445 e. The van der Waals surface area contributed by atoms with E-state index in [4.69, 9.17) is 10.5 Å². The van der Waals surface area contributed by atoms with Crippen molar-refractivity contribution >= 4 is 6.09 Å². The van der Waals surface area contributed by atoms with E-state index in [1.807, 2.05) is 0 Å². The van der Waals surface area contributed by atoms with Gasteiger partial charge in [0.15, 0.2) is 0 Å². The molecule has 12 heavy (non-hydrogen) atoms. The van der Waals surface area contributed by atoms with Gasteiger partial charge in [-0.25, -0.2) is 4.79 Å². The van der Waals surface area contributed by atoms with Crippen LogP contribution in [0.4, 0.5) is 4.79 Å². The third-order valence-electron chi connectivity index (χ3n) is 2.86. The van der Waals surface area contributed by atoms with Crippen LogP contribution in [0.1, 0.15) is 14.3 Å². The zero-order chi connectivity index (χ0) is 8.55. The van der Waals surface area contributed by atoms with Crippen LogP contribution in [0.3, 0.4) is 0 Å². The lowest BCUT2D eigenvalue weighted by Gasteiger charge is -2.43. The Balaban J connectivity index is 0.000000845. The fraction of sp³-hybridized carbons (Fsp3) is 0.875. The number of carbonyl (C=O) groups is 1. The van der Waals surface area contributed by atoms with Crippen molar-refractivity contribution in [3.63, 3.8) is 0 Å². The summed E-state index contributed by atoms with van der Waals surface area (Å²) in [5.74, 6) is 0.558. The standard InChI is InChI=1S/C8H14N2O2.H2/c9-8(11)12-7-5-10-3-1-6(7)2-4-10;/h6-7H,1-5H2,(H2,9,11);1H. The van der Waals surface area contributed by atoms with Gasteiger partial charge in [-0.05, 0) is 31.8 Å². The summed E-state index contributed by atoms with van der Waals surface area (Å²) in [6, 6.07) is 0. The Kier molecular flexibility index (Phi) is 1.92. The second-order valence-electron chi connectivity index (χ2n) is 3.61. The van der Waals surface area contributed by atoms with Crippen molar-refractivity contribution in [1.82, 2.24) is 4.90 Å². The Labute approximate surface area is 73.1 Å². The number of primary amides is 1. The summed E-state index contributed by atoms with van der Waals surface area (Å²) in [6.07, 6.45) is 1.73. The number of rotatable bonds is 1. The van der Waals surface area contributed by atoms with Crippen molar-refractivity contribution in [3.8, 4) is 0 Å². The molecule has 3 rings (SSSR count). The molecule has 3 heterocycles. The van der Waals surface area contributed by atoms with Crippen molar-refractivity contribution in [2.75, 3.05) is 19.6 Å². The molecule has 4 heteroatoms. The second kappa shape index (κ2) is 2.94. The molecule has 0 aromatic rings. The first-order chi connectivity index (χ1) is 5.75. The number of nitrogens with zero attached hydrogens (tertiary/aromatic N) is 1. The SMILES string of the molecule is NC(=O)OC1CN2CCC1CC2.[HH]. The normalized spacial score (nSPS) is 39.5. The number of amides is 1. The molecule has 3 fully saturated rings. The summed E-state index contributed by atoms with van der Waals surface area (Å²) in [5.41, 5.74) is 4.98. The molecular weight excluding hydrogens is 156 g/mol. The van der Waals surface area contributed by atoms with E-state index in [0.717, 1.165) is 32.5 Å². The lowest BCUT2D eigenvalue weighted by Crippen LogP contribution is -2.52. The van der Waals surface area contributed by atoms with Gasteiger partial charge in [-0.3, -0.25) is 4.90 Å². The van der Waals surface area contributed by atoms with Gasteiger partial charge in [0.05, 0.1) is 0 Å². The monoisotopic (exact) mass is 172 g/mol. The minimum absolute atomic E-state index is 0. The zero-order valence-electron chi connectivity index (χ0n) is 7.03. The van der Waals surface area contributed by atoms with E-state index in [-0.39, 0.29) is 7.53 Å². The van der Waals surface area contributed by atoms with Crippen LogP contribution in [-0.4, -0.2) is 36.7 Å². The molecule has 1 amide bonds. The third kappa shape index (κ3) is 1.39. The van der Waals surface area contributed by atoms with E-state index in [2.05, 4.69) is 4.90 Å². The van der Waals surface area contributed by atoms with Crippen LogP contribution < -0.4 is 5.73 Å². The minimum Gasteiger partial charge on any atom is -0.445 e. The summed E-state index contributed by atoms with van der Waals surface area (Å²) in [5, 5.41) is 0. The quantitative estimate of drug-likeness (QED) is 0.623. The summed E-state index contributed by atoms with van der Waals surface area (Å²) >= 11 is 0. The van der Waals surface area contributed by atoms with Crippen LogP contribution in [0.2, 0.25) is 0 Å². The second-order valence-corrected chi connectivity index (χ2v) is 3.61. The third-order valence-corrected chi connectivity index (χ3v) is 2.86. The van der Waals surface area contributed by atoms with E-state index in [1.165, 1.54) is 0 Å². The van der Waals surface area contributed by atoms with Crippen molar-refractivity contribution in [3.05, 3.63) is 0 Å². The van der Waals surface area contributed by atoms with Crippen LogP contribution in [-0.2, 0) is 4.74 Å². The lowest BCUT2D eigenvalue weighted by molar-refractivity contribution is -0.0304. The molecule has 70 valence electrons. The molecule has 1 unspecified atom stereocenters. The fourth-order valence-corrected chi connectivity index (χ4v) is 2.19. The Morgan fingerprint density at radius 2 is 2.17 bits per heavy atom. The van der Waals surface area contributed by atoms with Crippen LogP contribution in [0, 0.1) is 5.92 Å². The van der Waals surface area contributed by atoms with Crippen molar-refractivity contribution in [1.29, 1.82) is 0 Å². The highest BCUT2D eigenvalue weighted by Crippen LogP contribution is 2.29. The molecule has 0 spiro atoms. The van der Waals surface area contributed by atoms with Crippen LogP contribution in [0.25, 0.3) is 0 Å². The minimum atomic E-state index is -0.631. The van der Waals surface area contributed by atoms with Crippen molar-refractivity contribution < 1.29 is 11.0 Å². The number of hydrogen-bond donors (Lipinski definition) is 1. The van der Waals surface area contributed by atoms with Gasteiger partial charge < -0.3 is 10.5 Å². The molecule has 0 radical (unpaired) electrons. The molecule has 3 saturated heterocycles. The van der Waals surface area contributed by atoms with Crippen molar-refractivity contribution in [2.24, 2.45) is 11.7 Å². The highest BCUT2D eigenvalue weighted by Gasteiger charge is 2.35. The summed E-state index contributed by atoms with van der Waals surface area (Å²) in [7, 11) is 0. The molecule has 0 aliphatic carbocycles. The van der Waals surface area contributed by atoms with Crippen LogP contribution in [0.15, 0.2) is 0 Å². The number of fused-ring (bicyclic) bond motifs is 3. The van der Waals surface area contributed by atoms with Gasteiger partial charge in [0, 0.05) is 7.97 Å². The first kappa shape index (κ1) is 7.86. The smallest absolute Gasteiger partial charge is 0.404 e. The zero-order valence-corrected chi connectivity index (χ0v) is 7.03. The highest BCUT2D eigenvalue weighted by molar-refractivity contribution is 5.64. The average Bonchev–Trinajstić information content (AvgIpc) is 2.05. The molecule has 0 saturated carbocycles. The predicted molar refractivity (Wildman–Crippen MR) is 45.7 cm³/mol. The van der Waals surface area contributed by atoms with E-state index >= 15 is 0 Å². The molecule has 2 bridgehead atoms. The first-order valence-electron chi connectivity index (χ1n) is 4.44. The van der Waals surface area contributed by atoms with Gasteiger partial charge in [0.25, 0.3) is 0 Å². The molecule has 1 atom stereocenters. The first-order valence-corrected chi connectivity index (χ1v) is 4.44. The Bertz CT molecular complexity index is 193. The van der Waals surface area contributed by atoms with Gasteiger partial charge in [0.2, 0.25) is 0 Å². The maximum absolute atomic E-state index is 10.5. The van der Waals surface area contributed by atoms with Gasteiger partial charge in [-0.1, -0.05) is 0 Å². The molecule has 2 N–H and O–H groups in total. The topological polar surface area (TPSA) is 55.6 Å². The molecule has 3 aliphatic rings. The maximum atomic E-state index is 10.5. The molecule has 0 aromatic carbocycles.